The largest absolute Gasteiger partial charge is 0.496 e. The van der Waals surface area contributed by atoms with Gasteiger partial charge >= 0.3 is 0 Å². The van der Waals surface area contributed by atoms with Crippen LogP contribution in [0, 0.1) is 11.8 Å². The molecule has 3 amide bonds. The number of hydrogen-bond acceptors (Lipinski definition) is 5. The number of fused-ring (bicyclic) bond motifs is 2. The number of hydrogen-bond donors (Lipinski definition) is 4. The Morgan fingerprint density at radius 2 is 1.82 bits per heavy atom. The summed E-state index contributed by atoms with van der Waals surface area (Å²) in [4.78, 5) is 39.3. The van der Waals surface area contributed by atoms with Crippen molar-refractivity contribution in [3.8, 4) is 5.75 Å². The number of methoxy groups -OCH3 is 1. The number of amides is 3. The van der Waals surface area contributed by atoms with Crippen molar-refractivity contribution in [1.29, 1.82) is 0 Å². The van der Waals surface area contributed by atoms with Crippen LogP contribution in [0.3, 0.4) is 0 Å². The highest BCUT2D eigenvalue weighted by molar-refractivity contribution is 5.93. The number of carbonyl (C=O) groups is 3. The molecule has 2 bridgehead atoms. The van der Waals surface area contributed by atoms with E-state index in [2.05, 4.69) is 21.3 Å². The SMILES string of the molecule is CC[C@H](C)[C@H]1NC(=O)[C@H](NC)Cc2cc(ccc2OC)C=CNC(=O)[C@H](CC(C)C)NC1=O. The van der Waals surface area contributed by atoms with Crippen LogP contribution in [0.5, 0.6) is 5.75 Å². The fourth-order valence-corrected chi connectivity index (χ4v) is 3.85. The molecule has 1 aromatic rings. The molecule has 0 saturated carbocycles. The maximum absolute atomic E-state index is 13.2. The number of ether oxygens (including phenoxy) is 1. The normalized spacial score (nSPS) is 23.1. The Hall–Kier alpha value is -2.87. The summed E-state index contributed by atoms with van der Waals surface area (Å²) in [6.45, 7) is 7.87. The summed E-state index contributed by atoms with van der Waals surface area (Å²) in [7, 11) is 3.30. The van der Waals surface area contributed by atoms with E-state index in [0.717, 1.165) is 11.1 Å². The smallest absolute Gasteiger partial charge is 0.246 e. The van der Waals surface area contributed by atoms with Gasteiger partial charge in [-0.25, -0.2) is 0 Å². The van der Waals surface area contributed by atoms with Crippen molar-refractivity contribution in [3.05, 3.63) is 35.5 Å². The third kappa shape index (κ3) is 7.32. The zero-order valence-electron chi connectivity index (χ0n) is 20.5. The maximum atomic E-state index is 13.2. The van der Waals surface area contributed by atoms with E-state index >= 15 is 0 Å². The third-order valence-corrected chi connectivity index (χ3v) is 6.03. The van der Waals surface area contributed by atoms with Gasteiger partial charge in [-0.3, -0.25) is 14.4 Å². The number of likely N-dealkylation sites (N-methyl/N-ethyl adjacent to an activating group) is 1. The molecule has 1 aliphatic heterocycles. The first-order valence-corrected chi connectivity index (χ1v) is 11.6. The van der Waals surface area contributed by atoms with Gasteiger partial charge in [0.25, 0.3) is 0 Å². The molecule has 4 N–H and O–H groups in total. The first-order valence-electron chi connectivity index (χ1n) is 11.6. The topological polar surface area (TPSA) is 109 Å². The number of benzene rings is 1. The molecule has 0 aliphatic carbocycles. The van der Waals surface area contributed by atoms with Gasteiger partial charge in [-0.05, 0) is 54.6 Å². The number of rotatable bonds is 6. The number of carbonyl (C=O) groups excluding carboxylic acids is 3. The zero-order valence-corrected chi connectivity index (χ0v) is 20.5. The van der Waals surface area contributed by atoms with E-state index < -0.39 is 18.1 Å². The van der Waals surface area contributed by atoms with E-state index in [9.17, 15) is 14.4 Å². The third-order valence-electron chi connectivity index (χ3n) is 6.03. The molecule has 8 heteroatoms. The minimum absolute atomic E-state index is 0.109. The zero-order chi connectivity index (χ0) is 24.5. The van der Waals surface area contributed by atoms with Crippen LogP contribution in [0.4, 0.5) is 0 Å². The average molecular weight is 459 g/mol. The Labute approximate surface area is 196 Å². The lowest BCUT2D eigenvalue weighted by atomic mass is 9.95. The molecule has 0 saturated heterocycles. The van der Waals surface area contributed by atoms with Gasteiger partial charge in [0.05, 0.1) is 13.2 Å². The molecule has 1 aliphatic rings. The van der Waals surface area contributed by atoms with Crippen molar-refractivity contribution in [2.24, 2.45) is 11.8 Å². The summed E-state index contributed by atoms with van der Waals surface area (Å²) < 4.78 is 5.49. The van der Waals surface area contributed by atoms with Gasteiger partial charge in [0, 0.05) is 12.6 Å². The maximum Gasteiger partial charge on any atom is 0.246 e. The van der Waals surface area contributed by atoms with E-state index in [0.29, 0.717) is 25.0 Å². The molecule has 4 atom stereocenters. The van der Waals surface area contributed by atoms with Gasteiger partial charge in [0.1, 0.15) is 17.8 Å². The van der Waals surface area contributed by atoms with Gasteiger partial charge in [-0.1, -0.05) is 40.2 Å². The highest BCUT2D eigenvalue weighted by atomic mass is 16.5. The Bertz CT molecular complexity index is 868. The summed E-state index contributed by atoms with van der Waals surface area (Å²) in [5.41, 5.74) is 1.70. The highest BCUT2D eigenvalue weighted by Gasteiger charge is 2.32. The van der Waals surface area contributed by atoms with Gasteiger partial charge in [0.2, 0.25) is 17.7 Å². The monoisotopic (exact) mass is 458 g/mol. The molecule has 2 rings (SSSR count). The molecule has 0 radical (unpaired) electrons. The van der Waals surface area contributed by atoms with Gasteiger partial charge < -0.3 is 26.0 Å². The van der Waals surface area contributed by atoms with Gasteiger partial charge in [-0.15, -0.1) is 0 Å². The van der Waals surface area contributed by atoms with Crippen LogP contribution in [0.2, 0.25) is 0 Å². The summed E-state index contributed by atoms with van der Waals surface area (Å²) in [6.07, 6.45) is 4.92. The fraction of sp³-hybridized carbons (Fsp3) is 0.560. The quantitative estimate of drug-likeness (QED) is 0.521. The molecule has 0 fully saturated rings. The lowest BCUT2D eigenvalue weighted by Crippen LogP contribution is -2.58. The second kappa shape index (κ2) is 12.4. The Balaban J connectivity index is 2.49. The summed E-state index contributed by atoms with van der Waals surface area (Å²) >= 11 is 0. The summed E-state index contributed by atoms with van der Waals surface area (Å²) in [5.74, 6) is -0.170. The lowest BCUT2D eigenvalue weighted by Gasteiger charge is -2.28. The predicted molar refractivity (Wildman–Crippen MR) is 129 cm³/mol. The first-order chi connectivity index (χ1) is 15.7. The second-order valence-corrected chi connectivity index (χ2v) is 9.02. The second-order valence-electron chi connectivity index (χ2n) is 9.02. The molecule has 0 aromatic heterocycles. The van der Waals surface area contributed by atoms with Crippen LogP contribution in [0.15, 0.2) is 24.4 Å². The summed E-state index contributed by atoms with van der Waals surface area (Å²) in [5, 5.41) is 11.6. The minimum Gasteiger partial charge on any atom is -0.496 e. The van der Waals surface area contributed by atoms with Crippen LogP contribution < -0.4 is 26.0 Å². The fourth-order valence-electron chi connectivity index (χ4n) is 3.85. The van der Waals surface area contributed by atoms with Gasteiger partial charge in [-0.2, -0.15) is 0 Å². The molecule has 1 aromatic carbocycles. The Morgan fingerprint density at radius 1 is 1.09 bits per heavy atom. The van der Waals surface area contributed by atoms with Crippen LogP contribution >= 0.6 is 0 Å². The van der Waals surface area contributed by atoms with E-state index in [-0.39, 0.29) is 29.6 Å². The number of nitrogens with one attached hydrogen (secondary N) is 4. The molecular formula is C25H38N4O4. The van der Waals surface area contributed by atoms with Crippen LogP contribution in [-0.2, 0) is 20.8 Å². The van der Waals surface area contributed by atoms with Crippen molar-refractivity contribution in [2.75, 3.05) is 14.2 Å². The molecular weight excluding hydrogens is 420 g/mol. The minimum atomic E-state index is -0.755. The highest BCUT2D eigenvalue weighted by Crippen LogP contribution is 2.23. The van der Waals surface area contributed by atoms with Gasteiger partial charge in [0.15, 0.2) is 0 Å². The molecule has 33 heavy (non-hydrogen) atoms. The van der Waals surface area contributed by atoms with Crippen molar-refractivity contribution < 1.29 is 19.1 Å². The van der Waals surface area contributed by atoms with E-state index in [4.69, 9.17) is 4.74 Å². The Kier molecular flexibility index (Phi) is 9.91. The summed E-state index contributed by atoms with van der Waals surface area (Å²) in [6, 6.07) is 3.63. The lowest BCUT2D eigenvalue weighted by molar-refractivity contribution is -0.133. The van der Waals surface area contributed by atoms with Crippen molar-refractivity contribution in [1.82, 2.24) is 21.3 Å². The van der Waals surface area contributed by atoms with Crippen LogP contribution in [-0.4, -0.2) is 50.0 Å². The molecule has 0 unspecified atom stereocenters. The van der Waals surface area contributed by atoms with Crippen molar-refractivity contribution in [3.63, 3.8) is 0 Å². The van der Waals surface area contributed by atoms with E-state index in [1.807, 2.05) is 45.9 Å². The van der Waals surface area contributed by atoms with Crippen LogP contribution in [0.25, 0.3) is 6.08 Å². The standard InChI is InChI=1S/C25H38N4O4/c1-7-16(4)22-25(32)28-20(12-15(2)3)23(30)27-11-10-17-8-9-21(33-6)18(13-17)14-19(26-5)24(31)29-22/h8-11,13,15-16,19-20,22,26H,7,12,14H2,1-6H3,(H,27,30)(H,28,32)(H,29,31)/t16-,19+,20-,22+/m0/s1. The molecule has 8 nitrogen and oxygen atoms in total. The van der Waals surface area contributed by atoms with Crippen molar-refractivity contribution in [2.45, 2.75) is 65.1 Å². The van der Waals surface area contributed by atoms with Crippen LogP contribution in [0.1, 0.15) is 51.7 Å². The molecule has 0 spiro atoms. The molecule has 1 heterocycles. The first kappa shape index (κ1) is 26.4. The molecule has 182 valence electrons. The average Bonchev–Trinajstić information content (AvgIpc) is 2.79. The van der Waals surface area contributed by atoms with Crippen molar-refractivity contribution >= 4 is 23.8 Å². The Morgan fingerprint density at radius 3 is 2.42 bits per heavy atom. The predicted octanol–water partition coefficient (Wildman–Crippen LogP) is 1.99. The van der Waals surface area contributed by atoms with E-state index in [1.165, 1.54) is 0 Å². The van der Waals surface area contributed by atoms with E-state index in [1.54, 1.807) is 26.4 Å².